The summed E-state index contributed by atoms with van der Waals surface area (Å²) < 4.78 is 7.89. The fourth-order valence-electron chi connectivity index (χ4n) is 16.0. The standard InChI is InChI=1S/C75H84BN3O/c1-68(2,3)45-26-28-46(29-27-45)77-61-43-56-55(72(10,11)35-36-73(56,12)13)42-58(61)76-65-62(77)39-48(78-59-24-20-18-22-51(59)75(16,17)52-23-19-21-25-60(52)78)40-63(65)79(47-30-31-50-53(38-47)70(6,7)33-32-69(50,4)5)66-49-41-54-57(44-64(49)80-67(66)76)74(14,15)37-34-71(54,8)9/h18-31,38-44H,32-37H2,1-17H3. The van der Waals surface area contributed by atoms with Gasteiger partial charge in [0.15, 0.2) is 0 Å². The molecule has 0 unspecified atom stereocenters. The molecule has 0 spiro atoms. The average Bonchev–Trinajstić information content (AvgIpc) is 3.84. The van der Waals surface area contributed by atoms with Crippen LogP contribution in [0.5, 0.6) is 0 Å². The molecule has 0 radical (unpaired) electrons. The van der Waals surface area contributed by atoms with Crippen LogP contribution in [0.15, 0.2) is 132 Å². The number of furan rings is 1. The van der Waals surface area contributed by atoms with Crippen molar-refractivity contribution in [1.82, 2.24) is 0 Å². The lowest BCUT2D eigenvalue weighted by Crippen LogP contribution is -2.61. The lowest BCUT2D eigenvalue weighted by molar-refractivity contribution is 0.332. The average molecular weight is 1050 g/mol. The van der Waals surface area contributed by atoms with Crippen LogP contribution in [0, 0.1) is 0 Å². The molecular formula is C75H84BN3O. The smallest absolute Gasteiger partial charge is 0.297 e. The van der Waals surface area contributed by atoms with Gasteiger partial charge in [-0.25, -0.2) is 0 Å². The molecule has 0 atom stereocenters. The van der Waals surface area contributed by atoms with Gasteiger partial charge in [0.2, 0.25) is 0 Å². The lowest BCUT2D eigenvalue weighted by atomic mass is 9.35. The van der Waals surface area contributed by atoms with Crippen molar-refractivity contribution in [2.24, 2.45) is 0 Å². The Morgan fingerprint density at radius 3 is 1.39 bits per heavy atom. The van der Waals surface area contributed by atoms with Crippen LogP contribution in [0.2, 0.25) is 0 Å². The number of anilines is 9. The van der Waals surface area contributed by atoms with E-state index in [1.807, 2.05) is 0 Å². The highest BCUT2D eigenvalue weighted by Gasteiger charge is 2.51. The SMILES string of the molecule is CC(C)(C)c1ccc(N2c3cc4c(cc3B3c5oc6cc7c(cc6c5N(c5ccc6c(c5)C(C)(C)CCC6(C)C)c5cc(N6c8ccccc8C(C)(C)c8ccccc86)cc2c53)C(C)(C)CCC7(C)C)C(C)(C)CCC4(C)C)cc1. The molecule has 8 aromatic rings. The van der Waals surface area contributed by atoms with Crippen molar-refractivity contribution in [2.45, 2.75) is 200 Å². The molecule has 3 aliphatic carbocycles. The Kier molecular flexibility index (Phi) is 10.6. The van der Waals surface area contributed by atoms with Gasteiger partial charge in [-0.3, -0.25) is 0 Å². The van der Waals surface area contributed by atoms with Crippen LogP contribution in [0.25, 0.3) is 11.0 Å². The summed E-state index contributed by atoms with van der Waals surface area (Å²) in [6.07, 6.45) is 6.87. The zero-order chi connectivity index (χ0) is 56.4. The maximum atomic E-state index is 7.89. The minimum atomic E-state index is -0.210. The second kappa shape index (κ2) is 16.4. The second-order valence-electron chi connectivity index (χ2n) is 31.0. The van der Waals surface area contributed by atoms with Gasteiger partial charge in [0, 0.05) is 39.2 Å². The Balaban J connectivity index is 1.16. The minimum Gasteiger partial charge on any atom is -0.468 e. The van der Waals surface area contributed by atoms with Crippen molar-refractivity contribution >= 4 is 85.5 Å². The van der Waals surface area contributed by atoms with Crippen LogP contribution in [0.3, 0.4) is 0 Å². The summed E-state index contributed by atoms with van der Waals surface area (Å²) >= 11 is 0. The zero-order valence-electron chi connectivity index (χ0n) is 51.2. The van der Waals surface area contributed by atoms with E-state index in [9.17, 15) is 0 Å². The first-order valence-corrected chi connectivity index (χ1v) is 30.3. The summed E-state index contributed by atoms with van der Waals surface area (Å²) in [6.45, 7) is 41.3. The Morgan fingerprint density at radius 1 is 0.388 bits per heavy atom. The van der Waals surface area contributed by atoms with E-state index >= 15 is 0 Å². The molecule has 5 heteroatoms. The Bertz CT molecular complexity index is 3890. The number of rotatable bonds is 3. The topological polar surface area (TPSA) is 22.9 Å². The Labute approximate surface area is 479 Å². The highest BCUT2D eigenvalue weighted by molar-refractivity contribution is 7.00. The van der Waals surface area contributed by atoms with Gasteiger partial charge in [-0.2, -0.15) is 0 Å². The van der Waals surface area contributed by atoms with Crippen molar-refractivity contribution in [1.29, 1.82) is 0 Å². The van der Waals surface area contributed by atoms with Crippen molar-refractivity contribution in [3.63, 3.8) is 0 Å². The maximum Gasteiger partial charge on any atom is 0.297 e. The van der Waals surface area contributed by atoms with Gasteiger partial charge in [-0.05, 0) is 204 Å². The first-order chi connectivity index (χ1) is 37.5. The maximum absolute atomic E-state index is 7.89. The lowest BCUT2D eigenvalue weighted by Gasteiger charge is -2.47. The third kappa shape index (κ3) is 7.25. The summed E-state index contributed by atoms with van der Waals surface area (Å²) in [5.74, 6) is 0. The molecule has 4 nitrogen and oxygen atoms in total. The van der Waals surface area contributed by atoms with Gasteiger partial charge in [-0.15, -0.1) is 0 Å². The van der Waals surface area contributed by atoms with E-state index in [2.05, 4.69) is 260 Å². The van der Waals surface area contributed by atoms with Crippen LogP contribution in [-0.2, 0) is 43.3 Å². The van der Waals surface area contributed by atoms with Gasteiger partial charge in [0.25, 0.3) is 6.71 Å². The monoisotopic (exact) mass is 1050 g/mol. The van der Waals surface area contributed by atoms with E-state index in [0.29, 0.717) is 0 Å². The Morgan fingerprint density at radius 2 is 0.838 bits per heavy atom. The van der Waals surface area contributed by atoms with Crippen LogP contribution in [0.1, 0.15) is 206 Å². The molecule has 0 saturated heterocycles. The summed E-state index contributed by atoms with van der Waals surface area (Å²) in [4.78, 5) is 7.95. The summed E-state index contributed by atoms with van der Waals surface area (Å²) in [6, 6.07) is 51.0. The molecule has 7 aromatic carbocycles. The fourth-order valence-corrected chi connectivity index (χ4v) is 16.0. The van der Waals surface area contributed by atoms with Gasteiger partial charge in [0.05, 0.1) is 28.4 Å². The molecule has 80 heavy (non-hydrogen) atoms. The molecule has 4 heterocycles. The highest BCUT2D eigenvalue weighted by Crippen LogP contribution is 2.58. The summed E-state index contributed by atoms with van der Waals surface area (Å²) in [5, 5.41) is 1.20. The molecule has 6 aliphatic rings. The quantitative estimate of drug-likeness (QED) is 0.165. The number of benzene rings is 7. The molecule has 1 aromatic heterocycles. The minimum absolute atomic E-state index is 0.000506. The molecule has 0 saturated carbocycles. The number of hydrogen-bond donors (Lipinski definition) is 0. The number of para-hydroxylation sites is 2. The van der Waals surface area contributed by atoms with Gasteiger partial charge < -0.3 is 19.1 Å². The van der Waals surface area contributed by atoms with Crippen molar-refractivity contribution < 1.29 is 4.42 Å². The van der Waals surface area contributed by atoms with Crippen molar-refractivity contribution in [3.05, 3.63) is 177 Å². The number of nitrogens with zero attached hydrogens (tertiary/aromatic N) is 3. The third-order valence-electron chi connectivity index (χ3n) is 21.6. The van der Waals surface area contributed by atoms with E-state index in [-0.39, 0.29) is 50.0 Å². The first-order valence-electron chi connectivity index (χ1n) is 30.3. The molecule has 0 fully saturated rings. The number of hydrogen-bond acceptors (Lipinski definition) is 4. The van der Waals surface area contributed by atoms with Gasteiger partial charge >= 0.3 is 0 Å². The largest absolute Gasteiger partial charge is 0.468 e. The molecule has 0 bridgehead atoms. The molecule has 408 valence electrons. The first kappa shape index (κ1) is 51.7. The van der Waals surface area contributed by atoms with E-state index in [1.54, 1.807) is 0 Å². The second-order valence-corrected chi connectivity index (χ2v) is 31.0. The summed E-state index contributed by atoms with van der Waals surface area (Å²) in [7, 11) is 0. The Hall–Kier alpha value is -6.46. The predicted octanol–water partition coefficient (Wildman–Crippen LogP) is 19.0. The summed E-state index contributed by atoms with van der Waals surface area (Å²) in [5.41, 5.74) is 28.0. The van der Waals surface area contributed by atoms with E-state index in [0.717, 1.165) is 49.0 Å². The molecule has 14 rings (SSSR count). The van der Waals surface area contributed by atoms with Crippen LogP contribution in [-0.4, -0.2) is 6.71 Å². The fraction of sp³-hybridized carbons (Fsp3) is 0.413. The van der Waals surface area contributed by atoms with E-state index < -0.39 is 0 Å². The van der Waals surface area contributed by atoms with Gasteiger partial charge in [0.1, 0.15) is 5.58 Å². The molecule has 3 aliphatic heterocycles. The van der Waals surface area contributed by atoms with Crippen molar-refractivity contribution in [3.8, 4) is 0 Å². The normalized spacial score (nSPS) is 20.6. The molecule has 0 N–H and O–H groups in total. The molecule has 0 amide bonds. The van der Waals surface area contributed by atoms with Gasteiger partial charge in [-0.1, -0.05) is 178 Å². The van der Waals surface area contributed by atoms with Crippen LogP contribution >= 0.6 is 0 Å². The van der Waals surface area contributed by atoms with E-state index in [1.165, 1.54) is 118 Å². The highest BCUT2D eigenvalue weighted by atomic mass is 16.3. The van der Waals surface area contributed by atoms with Crippen molar-refractivity contribution in [2.75, 3.05) is 14.7 Å². The number of fused-ring (bicyclic) bond motifs is 11. The van der Waals surface area contributed by atoms with Crippen LogP contribution < -0.4 is 31.3 Å². The zero-order valence-corrected chi connectivity index (χ0v) is 51.2. The molecular weight excluding hydrogens is 970 g/mol. The van der Waals surface area contributed by atoms with E-state index in [4.69, 9.17) is 4.42 Å². The van der Waals surface area contributed by atoms with Crippen LogP contribution in [0.4, 0.5) is 51.2 Å². The predicted molar refractivity (Wildman–Crippen MR) is 342 cm³/mol. The third-order valence-corrected chi connectivity index (χ3v) is 21.6.